The zero-order valence-electron chi connectivity index (χ0n) is 14.5. The van der Waals surface area contributed by atoms with Crippen molar-refractivity contribution in [2.75, 3.05) is 0 Å². The number of carbonyl (C=O) groups is 3. The predicted molar refractivity (Wildman–Crippen MR) is 98.8 cm³/mol. The summed E-state index contributed by atoms with van der Waals surface area (Å²) >= 11 is 0. The molecule has 0 saturated heterocycles. The maximum atomic E-state index is 11.5. The molecule has 2 N–H and O–H groups in total. The Kier molecular flexibility index (Phi) is 7.30. The van der Waals surface area contributed by atoms with E-state index in [0.717, 1.165) is 0 Å². The summed E-state index contributed by atoms with van der Waals surface area (Å²) in [7, 11) is 0. The number of carboxylic acid groups (broad SMARTS) is 1. The maximum absolute atomic E-state index is 11.5. The third-order valence-electron chi connectivity index (χ3n) is 3.35. The van der Waals surface area contributed by atoms with Crippen molar-refractivity contribution in [2.45, 2.75) is 0 Å². The Hall–Kier alpha value is -4.13. The second-order valence-corrected chi connectivity index (χ2v) is 5.30. The Morgan fingerprint density at radius 3 is 1.36 bits per heavy atom. The van der Waals surface area contributed by atoms with Gasteiger partial charge in [-0.05, 0) is 36.4 Å². The van der Waals surface area contributed by atoms with Crippen LogP contribution in [0.15, 0.2) is 84.9 Å². The summed E-state index contributed by atoms with van der Waals surface area (Å²) in [5, 5.41) is 17.3. The molecular formula is C21H16O7. The highest BCUT2D eigenvalue weighted by Gasteiger charge is 2.13. The lowest BCUT2D eigenvalue weighted by atomic mass is 10.2. The standard InChI is InChI=1S/C14H10O4.C7H6O3/c15-13(11-7-3-1-4-8-11)17-18-14(16)12-9-5-2-6-10-12;8-6-4-2-1-3-5(6)7(9)10/h1-10H;1-4,8H,(H,9,10). The summed E-state index contributed by atoms with van der Waals surface area (Å²) < 4.78 is 0. The molecular weight excluding hydrogens is 364 g/mol. The summed E-state index contributed by atoms with van der Waals surface area (Å²) in [4.78, 5) is 42.1. The van der Waals surface area contributed by atoms with E-state index in [1.165, 1.54) is 12.1 Å². The van der Waals surface area contributed by atoms with Crippen LogP contribution in [-0.4, -0.2) is 28.1 Å². The minimum atomic E-state index is -1.11. The fraction of sp³-hybridized carbons (Fsp3) is 0. The summed E-state index contributed by atoms with van der Waals surface area (Å²) in [6.45, 7) is 0. The van der Waals surface area contributed by atoms with Crippen LogP contribution in [0.1, 0.15) is 31.1 Å². The van der Waals surface area contributed by atoms with Gasteiger partial charge in [-0.1, -0.05) is 48.5 Å². The molecule has 0 aliphatic rings. The van der Waals surface area contributed by atoms with E-state index in [4.69, 9.17) is 10.2 Å². The quantitative estimate of drug-likeness (QED) is 0.526. The maximum Gasteiger partial charge on any atom is 0.386 e. The first kappa shape index (κ1) is 20.2. The Morgan fingerprint density at radius 2 is 1.00 bits per heavy atom. The minimum Gasteiger partial charge on any atom is -0.507 e. The molecule has 0 heterocycles. The van der Waals surface area contributed by atoms with E-state index in [1.807, 2.05) is 0 Å². The average molecular weight is 380 g/mol. The average Bonchev–Trinajstić information content (AvgIpc) is 2.73. The molecule has 0 atom stereocenters. The van der Waals surface area contributed by atoms with Gasteiger partial charge >= 0.3 is 17.9 Å². The van der Waals surface area contributed by atoms with Crippen LogP contribution in [0.25, 0.3) is 0 Å². The lowest BCUT2D eigenvalue weighted by Gasteiger charge is -2.02. The summed E-state index contributed by atoms with van der Waals surface area (Å²) in [5.74, 6) is -2.73. The first-order valence-corrected chi connectivity index (χ1v) is 8.03. The van der Waals surface area contributed by atoms with Gasteiger partial charge in [0.2, 0.25) is 0 Å². The number of carbonyl (C=O) groups excluding carboxylic acids is 2. The third kappa shape index (κ3) is 5.99. The molecule has 0 spiro atoms. The van der Waals surface area contributed by atoms with Crippen molar-refractivity contribution < 1.29 is 34.4 Å². The molecule has 3 rings (SSSR count). The van der Waals surface area contributed by atoms with Crippen molar-refractivity contribution in [3.05, 3.63) is 102 Å². The molecule has 0 unspecified atom stereocenters. The van der Waals surface area contributed by atoms with Gasteiger partial charge in [-0.25, -0.2) is 24.2 Å². The molecule has 0 aromatic heterocycles. The van der Waals surface area contributed by atoms with Crippen LogP contribution in [0.3, 0.4) is 0 Å². The SMILES string of the molecule is O=C(O)c1ccccc1O.O=C(OOC(=O)c1ccccc1)c1ccccc1. The van der Waals surface area contributed by atoms with Crippen LogP contribution in [0.5, 0.6) is 5.75 Å². The first-order valence-electron chi connectivity index (χ1n) is 8.03. The van der Waals surface area contributed by atoms with Crippen LogP contribution in [0, 0.1) is 0 Å². The molecule has 0 radical (unpaired) electrons. The van der Waals surface area contributed by atoms with Gasteiger partial charge in [0.25, 0.3) is 0 Å². The number of hydrogen-bond acceptors (Lipinski definition) is 6. The molecule has 7 nitrogen and oxygen atoms in total. The number of rotatable bonds is 3. The molecule has 28 heavy (non-hydrogen) atoms. The first-order chi connectivity index (χ1) is 13.5. The summed E-state index contributed by atoms with van der Waals surface area (Å²) in [6, 6.07) is 22.4. The van der Waals surface area contributed by atoms with Gasteiger partial charge in [0, 0.05) is 0 Å². The number of benzene rings is 3. The number of phenols is 1. The monoisotopic (exact) mass is 380 g/mol. The molecule has 3 aromatic carbocycles. The van der Waals surface area contributed by atoms with E-state index in [2.05, 4.69) is 9.78 Å². The van der Waals surface area contributed by atoms with Gasteiger partial charge in [-0.3, -0.25) is 0 Å². The van der Waals surface area contributed by atoms with Crippen molar-refractivity contribution in [1.29, 1.82) is 0 Å². The molecule has 0 bridgehead atoms. The van der Waals surface area contributed by atoms with Gasteiger partial charge in [0.05, 0.1) is 11.1 Å². The summed E-state index contributed by atoms with van der Waals surface area (Å²) in [6.07, 6.45) is 0. The number of para-hydroxylation sites is 1. The number of hydrogen-bond donors (Lipinski definition) is 2. The molecule has 3 aromatic rings. The third-order valence-corrected chi connectivity index (χ3v) is 3.35. The van der Waals surface area contributed by atoms with Crippen molar-refractivity contribution in [2.24, 2.45) is 0 Å². The second kappa shape index (κ2) is 10.1. The molecule has 0 saturated carbocycles. The molecule has 0 fully saturated rings. The highest BCUT2D eigenvalue weighted by molar-refractivity contribution is 5.92. The minimum absolute atomic E-state index is 0.0671. The van der Waals surface area contributed by atoms with E-state index in [0.29, 0.717) is 11.1 Å². The Balaban J connectivity index is 0.000000237. The summed E-state index contributed by atoms with van der Waals surface area (Å²) in [5.41, 5.74) is 0.569. The Bertz CT molecular complexity index is 886. The molecule has 0 aliphatic heterocycles. The fourth-order valence-electron chi connectivity index (χ4n) is 1.97. The second-order valence-electron chi connectivity index (χ2n) is 5.30. The lowest BCUT2D eigenvalue weighted by Crippen LogP contribution is -2.11. The van der Waals surface area contributed by atoms with Crippen LogP contribution in [-0.2, 0) is 9.78 Å². The van der Waals surface area contributed by atoms with Crippen molar-refractivity contribution >= 4 is 17.9 Å². The lowest BCUT2D eigenvalue weighted by molar-refractivity contribution is -0.187. The van der Waals surface area contributed by atoms with Gasteiger partial charge in [-0.15, -0.1) is 0 Å². The van der Waals surface area contributed by atoms with E-state index < -0.39 is 17.9 Å². The Morgan fingerprint density at radius 1 is 0.607 bits per heavy atom. The number of carboxylic acids is 1. The fourth-order valence-corrected chi connectivity index (χ4v) is 1.97. The van der Waals surface area contributed by atoms with Gasteiger partial charge in [0.15, 0.2) is 0 Å². The predicted octanol–water partition coefficient (Wildman–Crippen LogP) is 3.71. The highest BCUT2D eigenvalue weighted by atomic mass is 17.2. The van der Waals surface area contributed by atoms with Gasteiger partial charge in [-0.2, -0.15) is 0 Å². The Labute approximate surface area is 160 Å². The highest BCUT2D eigenvalue weighted by Crippen LogP contribution is 2.14. The van der Waals surface area contributed by atoms with E-state index in [-0.39, 0.29) is 11.3 Å². The van der Waals surface area contributed by atoms with Crippen molar-refractivity contribution in [1.82, 2.24) is 0 Å². The zero-order chi connectivity index (χ0) is 20.4. The van der Waals surface area contributed by atoms with Crippen LogP contribution < -0.4 is 0 Å². The topological polar surface area (TPSA) is 110 Å². The van der Waals surface area contributed by atoms with Gasteiger partial charge < -0.3 is 10.2 Å². The molecule has 142 valence electrons. The van der Waals surface area contributed by atoms with E-state index >= 15 is 0 Å². The molecule has 7 heteroatoms. The van der Waals surface area contributed by atoms with Crippen LogP contribution in [0.2, 0.25) is 0 Å². The van der Waals surface area contributed by atoms with E-state index in [1.54, 1.807) is 72.8 Å². The number of aromatic carboxylic acids is 1. The largest absolute Gasteiger partial charge is 0.507 e. The van der Waals surface area contributed by atoms with Crippen LogP contribution in [0.4, 0.5) is 0 Å². The smallest absolute Gasteiger partial charge is 0.386 e. The van der Waals surface area contributed by atoms with E-state index in [9.17, 15) is 14.4 Å². The zero-order valence-corrected chi connectivity index (χ0v) is 14.5. The molecule has 0 aliphatic carbocycles. The number of aromatic hydroxyl groups is 1. The van der Waals surface area contributed by atoms with Gasteiger partial charge in [0.1, 0.15) is 11.3 Å². The normalized spacial score (nSPS) is 9.43. The molecule has 0 amide bonds. The van der Waals surface area contributed by atoms with Crippen molar-refractivity contribution in [3.63, 3.8) is 0 Å². The van der Waals surface area contributed by atoms with Crippen LogP contribution >= 0.6 is 0 Å². The van der Waals surface area contributed by atoms with Crippen molar-refractivity contribution in [3.8, 4) is 5.75 Å².